The van der Waals surface area contributed by atoms with Gasteiger partial charge in [-0.3, -0.25) is 4.98 Å². The van der Waals surface area contributed by atoms with E-state index in [0.29, 0.717) is 0 Å². The number of benzene rings is 8. The van der Waals surface area contributed by atoms with E-state index in [-0.39, 0.29) is 28.1 Å². The molecule has 0 aliphatic carbocycles. The number of pyridine rings is 1. The highest BCUT2D eigenvalue weighted by Gasteiger charge is 2.41. The predicted octanol–water partition coefficient (Wildman–Crippen LogP) is 14.1. The maximum atomic E-state index is 6.22. The number of nitrogens with zero attached hydrogens (tertiary/aromatic N) is 1. The molecule has 9 aromatic rings. The lowest BCUT2D eigenvalue weighted by Crippen LogP contribution is -2.29. The van der Waals surface area contributed by atoms with Crippen LogP contribution in [0, 0.1) is 0 Å². The van der Waals surface area contributed by atoms with Crippen LogP contribution in [0.1, 0.15) is 57.8 Å². The lowest BCUT2D eigenvalue weighted by Gasteiger charge is -2.24. The van der Waals surface area contributed by atoms with E-state index in [2.05, 4.69) is 268 Å². The van der Waals surface area contributed by atoms with Gasteiger partial charge < -0.3 is 20.9 Å². The summed E-state index contributed by atoms with van der Waals surface area (Å²) in [4.78, 5) is 5.19. The van der Waals surface area contributed by atoms with Gasteiger partial charge in [-0.1, -0.05) is 271 Å². The van der Waals surface area contributed by atoms with Crippen molar-refractivity contribution in [3.8, 4) is 0 Å². The number of aromatic nitrogens is 1. The first-order chi connectivity index (χ1) is 40.3. The van der Waals surface area contributed by atoms with Crippen LogP contribution in [0.5, 0.6) is 0 Å². The third-order valence-corrected chi connectivity index (χ3v) is 27.3. The molecule has 10 heteroatoms. The van der Waals surface area contributed by atoms with Crippen LogP contribution in [0.3, 0.4) is 0 Å². The molecule has 1 fully saturated rings. The SMILES string of the molecule is CCC1OC(C)(C)OC1CP(c1ccccc1)c1ccccc1.NCCCP(CCCP(CCCN)c1ccccc1)c1ccccc1.c1ccc(P(Cc2cccc(CP(c3ccccc3)c3ccccc3)n2)c2ccccc2)cc1. The maximum absolute atomic E-state index is 6.22. The zero-order valence-corrected chi connectivity index (χ0v) is 52.8. The Morgan fingerprint density at radius 1 is 0.354 bits per heavy atom. The maximum Gasteiger partial charge on any atom is 0.163 e. The Hall–Kier alpha value is -5.10. The fraction of sp³-hybridized carbons (Fsp3) is 0.264. The van der Waals surface area contributed by atoms with Gasteiger partial charge in [0.05, 0.1) is 12.2 Å². The summed E-state index contributed by atoms with van der Waals surface area (Å²) < 4.78 is 12.3. The zero-order chi connectivity index (χ0) is 57.0. The Kier molecular flexibility index (Phi) is 26.6. The number of hydrogen-bond donors (Lipinski definition) is 2. The first-order valence-corrected chi connectivity index (χ1v) is 37.2. The molecule has 4 N–H and O–H groups in total. The number of ether oxygens (including phenoxy) is 2. The predicted molar refractivity (Wildman–Crippen MR) is 365 cm³/mol. The van der Waals surface area contributed by atoms with E-state index >= 15 is 0 Å². The average Bonchev–Trinajstić information content (AvgIpc) is 3.92. The van der Waals surface area contributed by atoms with Gasteiger partial charge in [-0.25, -0.2) is 0 Å². The summed E-state index contributed by atoms with van der Waals surface area (Å²) in [6.07, 6.45) is 13.0. The van der Waals surface area contributed by atoms with Crippen molar-refractivity contribution >= 4 is 82.0 Å². The van der Waals surface area contributed by atoms with Crippen LogP contribution in [0.2, 0.25) is 0 Å². The molecule has 0 amide bonds. The second-order valence-electron chi connectivity index (χ2n) is 20.8. The Morgan fingerprint density at radius 2 is 0.634 bits per heavy atom. The molecule has 0 bridgehead atoms. The summed E-state index contributed by atoms with van der Waals surface area (Å²) in [6, 6.07) is 93.9. The van der Waals surface area contributed by atoms with Crippen LogP contribution < -0.4 is 53.9 Å². The van der Waals surface area contributed by atoms with Gasteiger partial charge in [0.25, 0.3) is 0 Å². The van der Waals surface area contributed by atoms with Gasteiger partial charge in [-0.2, -0.15) is 0 Å². The highest BCUT2D eigenvalue weighted by molar-refractivity contribution is 7.73. The Bertz CT molecular complexity index is 2850. The van der Waals surface area contributed by atoms with Gasteiger partial charge in [-0.15, -0.1) is 0 Å². The molecular weight excluding hydrogens is 1090 g/mol. The van der Waals surface area contributed by atoms with Gasteiger partial charge in [0.2, 0.25) is 0 Å². The van der Waals surface area contributed by atoms with Crippen molar-refractivity contribution in [1.29, 1.82) is 0 Å². The van der Waals surface area contributed by atoms with Crippen LogP contribution in [0.15, 0.2) is 261 Å². The molecule has 0 saturated carbocycles. The molecule has 424 valence electrons. The molecule has 10 rings (SSSR count). The molecular formula is C72H84N3O2P5. The van der Waals surface area contributed by atoms with Crippen molar-refractivity contribution in [1.82, 2.24) is 4.98 Å². The summed E-state index contributed by atoms with van der Waals surface area (Å²) in [7, 11) is -1.59. The van der Waals surface area contributed by atoms with Crippen molar-refractivity contribution in [3.05, 3.63) is 272 Å². The van der Waals surface area contributed by atoms with Crippen molar-refractivity contribution in [3.63, 3.8) is 0 Å². The van der Waals surface area contributed by atoms with Crippen molar-refractivity contribution in [2.45, 2.75) is 76.8 Å². The lowest BCUT2D eigenvalue weighted by molar-refractivity contribution is -0.144. The molecule has 4 unspecified atom stereocenters. The van der Waals surface area contributed by atoms with E-state index in [9.17, 15) is 0 Å². The third-order valence-electron chi connectivity index (χ3n) is 14.3. The molecule has 0 radical (unpaired) electrons. The molecule has 2 heterocycles. The first kappa shape index (κ1) is 62.9. The highest BCUT2D eigenvalue weighted by atomic mass is 31.1. The van der Waals surface area contributed by atoms with Crippen LogP contribution in [-0.2, 0) is 21.8 Å². The van der Waals surface area contributed by atoms with E-state index in [1.54, 1.807) is 0 Å². The van der Waals surface area contributed by atoms with Crippen molar-refractivity contribution in [2.75, 3.05) is 43.9 Å². The van der Waals surface area contributed by atoms with Crippen LogP contribution in [0.25, 0.3) is 0 Å². The normalized spacial score (nSPS) is 15.3. The summed E-state index contributed by atoms with van der Waals surface area (Å²) in [6.45, 7) is 7.82. The Morgan fingerprint density at radius 3 is 0.939 bits per heavy atom. The van der Waals surface area contributed by atoms with Crippen LogP contribution >= 0.6 is 39.6 Å². The average molecular weight is 1180 g/mol. The van der Waals surface area contributed by atoms with E-state index in [1.165, 1.54) is 84.9 Å². The second-order valence-corrected chi connectivity index (χ2v) is 32.5. The number of hydrogen-bond acceptors (Lipinski definition) is 5. The largest absolute Gasteiger partial charge is 0.345 e. The summed E-state index contributed by atoms with van der Waals surface area (Å²) in [5.74, 6) is -0.472. The second kappa shape index (κ2) is 34.6. The summed E-state index contributed by atoms with van der Waals surface area (Å²) >= 11 is 0. The standard InChI is InChI=1S/C31H27NP2.C21H32N2P2.C20H25O2P/c1-5-16-28(17-6-1)33(29-18-7-2-8-19-29)24-26-14-13-15-27(32-26)25-34(30-20-9-3-10-21-30)31-22-11-4-12-23-31;22-14-7-16-24(20-10-3-1-4-11-20)18-9-19-25(17-8-15-23)21-12-5-2-6-13-21;1-4-18-19(22-20(2,3)21-18)15-23(16-11-7-5-8-12-16)17-13-9-6-10-14-17/h1-23H,24-25H2;1-6,10-13H,7-9,14-19,22-23H2;5-14,18-19H,4,15H2,1-3H3. The van der Waals surface area contributed by atoms with Gasteiger partial charge in [-0.05, 0) is 156 Å². The van der Waals surface area contributed by atoms with Gasteiger partial charge in [0.1, 0.15) is 0 Å². The zero-order valence-electron chi connectivity index (χ0n) is 48.3. The van der Waals surface area contributed by atoms with Gasteiger partial charge in [0, 0.05) is 29.9 Å². The quantitative estimate of drug-likeness (QED) is 0.0557. The van der Waals surface area contributed by atoms with E-state index < -0.39 is 29.6 Å². The van der Waals surface area contributed by atoms with E-state index in [4.69, 9.17) is 25.9 Å². The lowest BCUT2D eigenvalue weighted by atomic mass is 10.2. The molecule has 8 aromatic carbocycles. The topological polar surface area (TPSA) is 83.4 Å². The van der Waals surface area contributed by atoms with Gasteiger partial charge >= 0.3 is 0 Å². The molecule has 1 saturated heterocycles. The molecule has 1 aromatic heterocycles. The molecule has 1 aliphatic rings. The third kappa shape index (κ3) is 20.0. The monoisotopic (exact) mass is 1180 g/mol. The van der Waals surface area contributed by atoms with Crippen LogP contribution in [0.4, 0.5) is 0 Å². The van der Waals surface area contributed by atoms with Crippen molar-refractivity contribution < 1.29 is 9.47 Å². The fourth-order valence-corrected chi connectivity index (χ4v) is 22.4. The summed E-state index contributed by atoms with van der Waals surface area (Å²) in [5, 5.41) is 11.5. The summed E-state index contributed by atoms with van der Waals surface area (Å²) in [5.41, 5.74) is 13.9. The first-order valence-electron chi connectivity index (χ1n) is 29.2. The van der Waals surface area contributed by atoms with E-state index in [0.717, 1.165) is 50.8 Å². The molecule has 0 spiro atoms. The number of rotatable bonds is 25. The van der Waals surface area contributed by atoms with Gasteiger partial charge in [0.15, 0.2) is 5.79 Å². The minimum atomic E-state index is -0.505. The molecule has 1 aliphatic heterocycles. The van der Waals surface area contributed by atoms with Crippen LogP contribution in [-0.4, -0.2) is 66.9 Å². The van der Waals surface area contributed by atoms with Crippen molar-refractivity contribution in [2.24, 2.45) is 11.5 Å². The fourth-order valence-electron chi connectivity index (χ4n) is 10.3. The Balaban J connectivity index is 0.000000165. The molecule has 5 nitrogen and oxygen atoms in total. The molecule has 4 atom stereocenters. The molecule has 82 heavy (non-hydrogen) atoms. The minimum absolute atomic E-state index is 0.0684. The smallest absolute Gasteiger partial charge is 0.163 e. The van der Waals surface area contributed by atoms with E-state index in [1.807, 2.05) is 13.8 Å². The highest BCUT2D eigenvalue weighted by Crippen LogP contribution is 2.43. The minimum Gasteiger partial charge on any atom is -0.345 e. The Labute approximate surface area is 497 Å². The number of nitrogens with two attached hydrogens (primary N) is 2.